The number of carbonyl (C=O) groups is 1. The van der Waals surface area contributed by atoms with Gasteiger partial charge in [0.15, 0.2) is 0 Å². The third-order valence-electron chi connectivity index (χ3n) is 2.50. The average molecular weight is 289 g/mol. The lowest BCUT2D eigenvalue weighted by Gasteiger charge is -2.18. The molecule has 0 bridgehead atoms. The van der Waals surface area contributed by atoms with Gasteiger partial charge in [-0.3, -0.25) is 4.79 Å². The molecule has 8 heteroatoms. The van der Waals surface area contributed by atoms with Gasteiger partial charge in [-0.25, -0.2) is 0 Å². The van der Waals surface area contributed by atoms with Crippen LogP contribution in [0.4, 0.5) is 13.2 Å². The minimum Gasteiger partial charge on any atom is -0.481 e. The summed E-state index contributed by atoms with van der Waals surface area (Å²) in [4.78, 5) is 10.4. The molecule has 2 atom stereocenters. The maximum Gasteiger partial charge on any atom is 0.416 e. The summed E-state index contributed by atoms with van der Waals surface area (Å²) in [5, 5.41) is 36.2. The molecule has 5 nitrogen and oxygen atoms in total. The highest BCUT2D eigenvalue weighted by Crippen LogP contribution is 2.32. The van der Waals surface area contributed by atoms with Gasteiger partial charge in [-0.1, -0.05) is 0 Å². The summed E-state index contributed by atoms with van der Waals surface area (Å²) in [7, 11) is 0. The van der Waals surface area contributed by atoms with Gasteiger partial charge >= 0.3 is 12.1 Å². The predicted octanol–water partition coefficient (Wildman–Crippen LogP) is 1.45. The van der Waals surface area contributed by atoms with Gasteiger partial charge in [-0.05, 0) is 23.8 Å². The number of carboxylic acids is 1. The lowest BCUT2D eigenvalue weighted by atomic mass is 9.97. The molecule has 2 unspecified atom stereocenters. The van der Waals surface area contributed by atoms with E-state index in [4.69, 9.17) is 10.4 Å². The fraction of sp³-hybridized carbons (Fsp3) is 0.333. The van der Waals surface area contributed by atoms with Crippen LogP contribution in [0.1, 0.15) is 29.2 Å². The third-order valence-corrected chi connectivity index (χ3v) is 2.50. The maximum absolute atomic E-state index is 12.6. The molecular formula is C12H10F3NO4. The number of aliphatic carboxylic acids is 1. The zero-order valence-electron chi connectivity index (χ0n) is 9.92. The molecule has 0 spiro atoms. The summed E-state index contributed by atoms with van der Waals surface area (Å²) < 4.78 is 37.8. The van der Waals surface area contributed by atoms with Crippen LogP contribution in [0, 0.1) is 11.3 Å². The SMILES string of the molecule is N#Cc1cc(C(O)C(O)CC(=O)O)cc(C(F)(F)F)c1. The lowest BCUT2D eigenvalue weighted by molar-refractivity contribution is -0.141. The van der Waals surface area contributed by atoms with Gasteiger partial charge in [0, 0.05) is 0 Å². The third kappa shape index (κ3) is 3.94. The van der Waals surface area contributed by atoms with Crippen LogP contribution in [-0.4, -0.2) is 27.4 Å². The van der Waals surface area contributed by atoms with Crippen LogP contribution in [0.25, 0.3) is 0 Å². The second-order valence-electron chi connectivity index (χ2n) is 4.06. The smallest absolute Gasteiger partial charge is 0.416 e. The molecule has 0 saturated heterocycles. The van der Waals surface area contributed by atoms with Gasteiger partial charge in [0.2, 0.25) is 0 Å². The Labute approximate surface area is 111 Å². The van der Waals surface area contributed by atoms with Crippen LogP contribution in [0.5, 0.6) is 0 Å². The Morgan fingerprint density at radius 2 is 1.90 bits per heavy atom. The highest BCUT2D eigenvalue weighted by molar-refractivity contribution is 5.67. The van der Waals surface area contributed by atoms with E-state index in [0.717, 1.165) is 6.07 Å². The summed E-state index contributed by atoms with van der Waals surface area (Å²) in [5.74, 6) is -1.41. The van der Waals surface area contributed by atoms with Crippen molar-refractivity contribution in [3.05, 3.63) is 34.9 Å². The Morgan fingerprint density at radius 3 is 2.35 bits per heavy atom. The van der Waals surface area contributed by atoms with Crippen molar-refractivity contribution in [2.45, 2.75) is 24.8 Å². The van der Waals surface area contributed by atoms with Crippen molar-refractivity contribution < 1.29 is 33.3 Å². The second-order valence-corrected chi connectivity index (χ2v) is 4.06. The van der Waals surface area contributed by atoms with E-state index in [1.807, 2.05) is 0 Å². The molecule has 0 heterocycles. The number of halogens is 3. The first-order valence-electron chi connectivity index (χ1n) is 5.35. The van der Waals surface area contributed by atoms with E-state index in [9.17, 15) is 28.2 Å². The quantitative estimate of drug-likeness (QED) is 0.778. The molecule has 0 aliphatic rings. The van der Waals surface area contributed by atoms with E-state index in [0.29, 0.717) is 12.1 Å². The topological polar surface area (TPSA) is 102 Å². The van der Waals surface area contributed by atoms with Crippen LogP contribution in [0.2, 0.25) is 0 Å². The number of aliphatic hydroxyl groups excluding tert-OH is 2. The number of alkyl halides is 3. The number of nitriles is 1. The van der Waals surface area contributed by atoms with Gasteiger partial charge in [0.1, 0.15) is 6.10 Å². The van der Waals surface area contributed by atoms with Gasteiger partial charge < -0.3 is 15.3 Å². The van der Waals surface area contributed by atoms with Crippen molar-refractivity contribution in [3.8, 4) is 6.07 Å². The second kappa shape index (κ2) is 5.90. The van der Waals surface area contributed by atoms with Crippen molar-refractivity contribution in [2.75, 3.05) is 0 Å². The van der Waals surface area contributed by atoms with Crippen molar-refractivity contribution in [1.29, 1.82) is 5.26 Å². The lowest BCUT2D eigenvalue weighted by Crippen LogP contribution is -2.22. The Hall–Kier alpha value is -2.11. The summed E-state index contributed by atoms with van der Waals surface area (Å²) in [5.41, 5.74) is -1.88. The summed E-state index contributed by atoms with van der Waals surface area (Å²) >= 11 is 0. The molecule has 108 valence electrons. The molecule has 0 fully saturated rings. The highest BCUT2D eigenvalue weighted by Gasteiger charge is 2.32. The number of rotatable bonds is 4. The molecule has 0 aliphatic heterocycles. The van der Waals surface area contributed by atoms with E-state index in [2.05, 4.69) is 0 Å². The van der Waals surface area contributed by atoms with Gasteiger partial charge in [-0.2, -0.15) is 18.4 Å². The molecule has 3 N–H and O–H groups in total. The van der Waals surface area contributed by atoms with E-state index < -0.39 is 36.3 Å². The van der Waals surface area contributed by atoms with E-state index in [-0.39, 0.29) is 11.1 Å². The Morgan fingerprint density at radius 1 is 1.30 bits per heavy atom. The van der Waals surface area contributed by atoms with E-state index in [1.54, 1.807) is 0 Å². The minimum absolute atomic E-state index is 0.351. The Kier molecular flexibility index (Phi) is 4.70. The van der Waals surface area contributed by atoms with Crippen LogP contribution >= 0.6 is 0 Å². The summed E-state index contributed by atoms with van der Waals surface area (Å²) in [6.07, 6.45) is -9.17. The maximum atomic E-state index is 12.6. The van der Waals surface area contributed by atoms with E-state index in [1.165, 1.54) is 6.07 Å². The number of carboxylic acid groups (broad SMARTS) is 1. The molecule has 0 radical (unpaired) electrons. The molecule has 1 aromatic rings. The zero-order valence-corrected chi connectivity index (χ0v) is 9.92. The van der Waals surface area contributed by atoms with E-state index >= 15 is 0 Å². The Bertz CT molecular complexity index is 551. The predicted molar refractivity (Wildman–Crippen MR) is 59.4 cm³/mol. The van der Waals surface area contributed by atoms with Crippen LogP contribution < -0.4 is 0 Å². The van der Waals surface area contributed by atoms with Gasteiger partial charge in [0.05, 0.1) is 29.7 Å². The molecule has 0 amide bonds. The highest BCUT2D eigenvalue weighted by atomic mass is 19.4. The fourth-order valence-corrected chi connectivity index (χ4v) is 1.56. The number of nitrogens with zero attached hydrogens (tertiary/aromatic N) is 1. The van der Waals surface area contributed by atoms with Crippen LogP contribution in [-0.2, 0) is 11.0 Å². The summed E-state index contributed by atoms with van der Waals surface area (Å²) in [6, 6.07) is 3.63. The number of hydrogen-bond acceptors (Lipinski definition) is 4. The number of hydrogen-bond donors (Lipinski definition) is 3. The van der Waals surface area contributed by atoms with Crippen molar-refractivity contribution in [1.82, 2.24) is 0 Å². The van der Waals surface area contributed by atoms with Gasteiger partial charge in [0.25, 0.3) is 0 Å². The molecule has 1 aromatic carbocycles. The molecule has 1 rings (SSSR count). The van der Waals surface area contributed by atoms with Crippen molar-refractivity contribution in [3.63, 3.8) is 0 Å². The molecule has 20 heavy (non-hydrogen) atoms. The summed E-state index contributed by atoms with van der Waals surface area (Å²) in [6.45, 7) is 0. The van der Waals surface area contributed by atoms with Crippen molar-refractivity contribution in [2.24, 2.45) is 0 Å². The standard InChI is InChI=1S/C12H10F3NO4/c13-12(14,15)8-2-6(5-16)1-7(3-8)11(20)9(17)4-10(18)19/h1-3,9,11,17,20H,4H2,(H,18,19). The fourth-order valence-electron chi connectivity index (χ4n) is 1.56. The van der Waals surface area contributed by atoms with Crippen LogP contribution in [0.3, 0.4) is 0 Å². The molecule has 0 saturated carbocycles. The monoisotopic (exact) mass is 289 g/mol. The largest absolute Gasteiger partial charge is 0.481 e. The van der Waals surface area contributed by atoms with Crippen molar-refractivity contribution >= 4 is 5.97 Å². The minimum atomic E-state index is -4.72. The van der Waals surface area contributed by atoms with Crippen LogP contribution in [0.15, 0.2) is 18.2 Å². The first-order chi connectivity index (χ1) is 9.15. The first-order valence-corrected chi connectivity index (χ1v) is 5.35. The number of benzene rings is 1. The molecule has 0 aromatic heterocycles. The first kappa shape index (κ1) is 15.9. The zero-order chi connectivity index (χ0) is 15.5. The number of aliphatic hydroxyl groups is 2. The normalized spacial score (nSPS) is 14.4. The average Bonchev–Trinajstić information content (AvgIpc) is 2.35. The van der Waals surface area contributed by atoms with Gasteiger partial charge in [-0.15, -0.1) is 0 Å². The Balaban J connectivity index is 3.18. The molecular weight excluding hydrogens is 279 g/mol. The molecule has 0 aliphatic carbocycles.